The van der Waals surface area contributed by atoms with Gasteiger partial charge >= 0.3 is 0 Å². The molecule has 76 valence electrons. The fourth-order valence-corrected chi connectivity index (χ4v) is 2.53. The summed E-state index contributed by atoms with van der Waals surface area (Å²) in [5.41, 5.74) is 1.43. The minimum atomic E-state index is 0.563. The van der Waals surface area contributed by atoms with Gasteiger partial charge in [0.25, 0.3) is 0 Å². The van der Waals surface area contributed by atoms with E-state index in [2.05, 4.69) is 57.2 Å². The van der Waals surface area contributed by atoms with Crippen LogP contribution in [0, 0.1) is 0 Å². The van der Waals surface area contributed by atoms with E-state index < -0.39 is 0 Å². The molecule has 14 heavy (non-hydrogen) atoms. The number of hydrogen-bond acceptors (Lipinski definition) is 1. The van der Waals surface area contributed by atoms with Crippen LogP contribution < -0.4 is 0 Å². The molecule has 0 spiro atoms. The Balaban J connectivity index is 3.00. The van der Waals surface area contributed by atoms with Crippen molar-refractivity contribution in [2.24, 2.45) is 0 Å². The van der Waals surface area contributed by atoms with Crippen LogP contribution in [0.15, 0.2) is 46.9 Å². The Morgan fingerprint density at radius 2 is 2.21 bits per heavy atom. The predicted molar refractivity (Wildman–Crippen MR) is 67.5 cm³/mol. The molecule has 0 aromatic heterocycles. The molecule has 1 atom stereocenters. The first kappa shape index (κ1) is 11.4. The molecule has 1 heteroatoms. The summed E-state index contributed by atoms with van der Waals surface area (Å²) in [5, 5.41) is 0.563. The summed E-state index contributed by atoms with van der Waals surface area (Å²) in [4.78, 5) is 1.41. The van der Waals surface area contributed by atoms with Gasteiger partial charge in [0.05, 0.1) is 0 Å². The smallest absolute Gasteiger partial charge is 0.0249 e. The topological polar surface area (TPSA) is 0 Å². The third-order valence-corrected chi connectivity index (χ3v) is 3.30. The fraction of sp³-hybridized carbons (Fsp3) is 0.385. The number of hydrogen-bond donors (Lipinski definition) is 0. The molecule has 0 aromatic rings. The first-order valence-corrected chi connectivity index (χ1v) is 6.03. The Kier molecular flexibility index (Phi) is 4.81. The molecule has 0 aliphatic carbocycles. The monoisotopic (exact) mass is 206 g/mol. The van der Waals surface area contributed by atoms with Crippen molar-refractivity contribution in [2.75, 3.05) is 0 Å². The molecule has 1 rings (SSSR count). The van der Waals surface area contributed by atoms with Gasteiger partial charge in [-0.1, -0.05) is 43.4 Å². The van der Waals surface area contributed by atoms with Gasteiger partial charge < -0.3 is 0 Å². The Labute approximate surface area is 91.5 Å². The Morgan fingerprint density at radius 3 is 2.86 bits per heavy atom. The third-order valence-electron chi connectivity index (χ3n) is 2.12. The van der Waals surface area contributed by atoms with Crippen LogP contribution in [0.4, 0.5) is 0 Å². The van der Waals surface area contributed by atoms with Gasteiger partial charge in [-0.15, -0.1) is 11.8 Å². The number of thioether (sulfide) groups is 1. The van der Waals surface area contributed by atoms with Crippen LogP contribution in [0.25, 0.3) is 0 Å². The zero-order valence-corrected chi connectivity index (χ0v) is 9.97. The van der Waals surface area contributed by atoms with Crippen molar-refractivity contribution in [3.05, 3.63) is 46.9 Å². The molecule has 0 amide bonds. The Morgan fingerprint density at radius 1 is 1.43 bits per heavy atom. The van der Waals surface area contributed by atoms with Crippen molar-refractivity contribution >= 4 is 11.8 Å². The van der Waals surface area contributed by atoms with Gasteiger partial charge in [0.2, 0.25) is 0 Å². The van der Waals surface area contributed by atoms with E-state index in [0.717, 1.165) is 6.42 Å². The molecule has 1 heterocycles. The summed E-state index contributed by atoms with van der Waals surface area (Å²) in [6.45, 7) is 6.51. The first-order valence-electron chi connectivity index (χ1n) is 5.15. The molecule has 0 saturated carbocycles. The summed E-state index contributed by atoms with van der Waals surface area (Å²) in [6.07, 6.45) is 14.2. The van der Waals surface area contributed by atoms with E-state index in [4.69, 9.17) is 0 Å². The van der Waals surface area contributed by atoms with Crippen molar-refractivity contribution in [3.63, 3.8) is 0 Å². The van der Waals surface area contributed by atoms with E-state index in [1.54, 1.807) is 0 Å². The molecule has 0 bridgehead atoms. The number of allylic oxidation sites excluding steroid dienone is 6. The minimum Gasteiger partial charge on any atom is -0.119 e. The summed E-state index contributed by atoms with van der Waals surface area (Å²) >= 11 is 1.93. The van der Waals surface area contributed by atoms with E-state index in [9.17, 15) is 0 Å². The van der Waals surface area contributed by atoms with E-state index >= 15 is 0 Å². The van der Waals surface area contributed by atoms with Crippen LogP contribution in [-0.4, -0.2) is 5.25 Å². The molecular formula is C13H18S. The second-order valence-electron chi connectivity index (χ2n) is 3.31. The lowest BCUT2D eigenvalue weighted by Crippen LogP contribution is -1.94. The summed E-state index contributed by atoms with van der Waals surface area (Å²) < 4.78 is 0. The van der Waals surface area contributed by atoms with Crippen molar-refractivity contribution in [2.45, 2.75) is 32.4 Å². The number of rotatable bonds is 2. The van der Waals surface area contributed by atoms with Gasteiger partial charge in [-0.3, -0.25) is 0 Å². The molecule has 0 nitrogen and oxygen atoms in total. The quantitative estimate of drug-likeness (QED) is 0.642. The standard InChI is InChI=1S/C13H18S/c1-4-8-13-12(5-2)10-7-6-9-11(3)14-13/h4,6-11H,5H2,1-3H3/b8-4-,9-6+,10-7-,13-12-. The first-order chi connectivity index (χ1) is 6.77. The normalized spacial score (nSPS) is 32.6. The van der Waals surface area contributed by atoms with Crippen molar-refractivity contribution in [1.29, 1.82) is 0 Å². The van der Waals surface area contributed by atoms with Gasteiger partial charge in [0, 0.05) is 10.2 Å². The van der Waals surface area contributed by atoms with Gasteiger partial charge in [0.15, 0.2) is 0 Å². The molecule has 1 aliphatic rings. The van der Waals surface area contributed by atoms with Gasteiger partial charge in [0.1, 0.15) is 0 Å². The molecular weight excluding hydrogens is 188 g/mol. The zero-order chi connectivity index (χ0) is 10.4. The fourth-order valence-electron chi connectivity index (χ4n) is 1.38. The SMILES string of the molecule is C\C=C/C1=C(CC)/C=C\C=C\C(C)S1. The highest BCUT2D eigenvalue weighted by Crippen LogP contribution is 2.30. The van der Waals surface area contributed by atoms with E-state index in [-0.39, 0.29) is 0 Å². The van der Waals surface area contributed by atoms with Crippen LogP contribution in [0.3, 0.4) is 0 Å². The Bertz CT molecular complexity index is 292. The van der Waals surface area contributed by atoms with Gasteiger partial charge in [-0.05, 0) is 25.8 Å². The second-order valence-corrected chi connectivity index (χ2v) is 4.73. The summed E-state index contributed by atoms with van der Waals surface area (Å²) in [7, 11) is 0. The molecule has 0 saturated heterocycles. The van der Waals surface area contributed by atoms with Gasteiger partial charge in [-0.2, -0.15) is 0 Å². The maximum Gasteiger partial charge on any atom is 0.0249 e. The zero-order valence-electron chi connectivity index (χ0n) is 9.16. The summed E-state index contributed by atoms with van der Waals surface area (Å²) in [6, 6.07) is 0. The van der Waals surface area contributed by atoms with Crippen molar-refractivity contribution in [3.8, 4) is 0 Å². The molecule has 0 fully saturated rings. The van der Waals surface area contributed by atoms with Crippen molar-refractivity contribution in [1.82, 2.24) is 0 Å². The van der Waals surface area contributed by atoms with Crippen LogP contribution in [0.2, 0.25) is 0 Å². The lowest BCUT2D eigenvalue weighted by atomic mass is 10.1. The Hall–Kier alpha value is -0.690. The maximum atomic E-state index is 2.23. The van der Waals surface area contributed by atoms with E-state index in [0.29, 0.717) is 5.25 Å². The lowest BCUT2D eigenvalue weighted by molar-refractivity contribution is 1.14. The van der Waals surface area contributed by atoms with E-state index in [1.165, 1.54) is 10.5 Å². The minimum absolute atomic E-state index is 0.563. The lowest BCUT2D eigenvalue weighted by Gasteiger charge is -2.12. The van der Waals surface area contributed by atoms with Crippen LogP contribution in [0.1, 0.15) is 27.2 Å². The largest absolute Gasteiger partial charge is 0.119 e. The molecule has 0 aromatic carbocycles. The average Bonchev–Trinajstić information content (AvgIpc) is 2.15. The molecule has 1 aliphatic heterocycles. The third kappa shape index (κ3) is 3.22. The molecule has 0 N–H and O–H groups in total. The maximum absolute atomic E-state index is 2.23. The highest BCUT2D eigenvalue weighted by atomic mass is 32.2. The predicted octanol–water partition coefficient (Wildman–Crippen LogP) is 4.47. The van der Waals surface area contributed by atoms with Crippen LogP contribution in [-0.2, 0) is 0 Å². The van der Waals surface area contributed by atoms with Gasteiger partial charge in [-0.25, -0.2) is 0 Å². The molecule has 0 radical (unpaired) electrons. The highest BCUT2D eigenvalue weighted by molar-refractivity contribution is 8.04. The molecule has 1 unspecified atom stereocenters. The van der Waals surface area contributed by atoms with Crippen LogP contribution in [0.5, 0.6) is 0 Å². The van der Waals surface area contributed by atoms with E-state index in [1.807, 2.05) is 11.8 Å². The van der Waals surface area contributed by atoms with Crippen LogP contribution >= 0.6 is 11.8 Å². The second kappa shape index (κ2) is 5.92. The average molecular weight is 206 g/mol. The summed E-state index contributed by atoms with van der Waals surface area (Å²) in [5.74, 6) is 0. The highest BCUT2D eigenvalue weighted by Gasteiger charge is 2.06. The van der Waals surface area contributed by atoms with Crippen molar-refractivity contribution < 1.29 is 0 Å².